The van der Waals surface area contributed by atoms with Gasteiger partial charge in [0.15, 0.2) is 0 Å². The van der Waals surface area contributed by atoms with Crippen molar-refractivity contribution >= 4 is 5.91 Å². The Balaban J connectivity index is 1.42. The molecular weight excluding hydrogens is 348 g/mol. The number of nitrogens with one attached hydrogen (secondary N) is 1. The maximum Gasteiger partial charge on any atom is 0.257 e. The molecule has 1 saturated carbocycles. The Morgan fingerprint density at radius 2 is 2.00 bits per heavy atom. The largest absolute Gasteiger partial charge is 0.338 e. The molecule has 6 heteroatoms. The molecule has 1 aromatic carbocycles. The van der Waals surface area contributed by atoms with Gasteiger partial charge in [0, 0.05) is 30.3 Å². The van der Waals surface area contributed by atoms with E-state index in [2.05, 4.69) is 10.2 Å². The van der Waals surface area contributed by atoms with Gasteiger partial charge in [0.2, 0.25) is 0 Å². The van der Waals surface area contributed by atoms with Crippen LogP contribution in [-0.2, 0) is 6.42 Å². The number of piperidine rings is 1. The van der Waals surface area contributed by atoms with Crippen LogP contribution in [0.25, 0.3) is 0 Å². The molecule has 2 fully saturated rings. The Morgan fingerprint density at radius 1 is 1.26 bits per heavy atom. The van der Waals surface area contributed by atoms with Gasteiger partial charge in [-0.1, -0.05) is 6.07 Å². The molecule has 2 aromatic rings. The van der Waals surface area contributed by atoms with E-state index in [1.54, 1.807) is 0 Å². The molecule has 0 radical (unpaired) electrons. The van der Waals surface area contributed by atoms with Gasteiger partial charge in [0.25, 0.3) is 5.91 Å². The zero-order valence-electron chi connectivity index (χ0n) is 15.6. The predicted molar refractivity (Wildman–Crippen MR) is 98.6 cm³/mol. The fraction of sp³-hybridized carbons (Fsp3) is 0.524. The second-order valence-corrected chi connectivity index (χ2v) is 7.88. The van der Waals surface area contributed by atoms with Gasteiger partial charge in [-0.3, -0.25) is 9.89 Å². The number of nitrogens with zero attached hydrogens (tertiary/aromatic N) is 2. The number of benzene rings is 1. The van der Waals surface area contributed by atoms with E-state index in [-0.39, 0.29) is 17.4 Å². The van der Waals surface area contributed by atoms with Crippen LogP contribution < -0.4 is 0 Å². The lowest BCUT2D eigenvalue weighted by atomic mass is 9.91. The minimum atomic E-state index is -0.484. The van der Waals surface area contributed by atoms with Crippen molar-refractivity contribution in [2.24, 2.45) is 5.92 Å². The number of amides is 1. The Kier molecular flexibility index (Phi) is 4.98. The highest BCUT2D eigenvalue weighted by atomic mass is 19.1. The number of aryl methyl sites for hydroxylation is 1. The molecule has 2 heterocycles. The first-order chi connectivity index (χ1) is 13.0. The van der Waals surface area contributed by atoms with Crippen molar-refractivity contribution in [2.45, 2.75) is 51.4 Å². The van der Waals surface area contributed by atoms with E-state index >= 15 is 0 Å². The minimum absolute atomic E-state index is 0.0462. The Morgan fingerprint density at radius 3 is 2.70 bits per heavy atom. The number of rotatable bonds is 5. The smallest absolute Gasteiger partial charge is 0.257 e. The van der Waals surface area contributed by atoms with Gasteiger partial charge in [-0.05, 0) is 63.5 Å². The van der Waals surface area contributed by atoms with Gasteiger partial charge in [0.05, 0.1) is 11.3 Å². The fourth-order valence-electron chi connectivity index (χ4n) is 4.13. The van der Waals surface area contributed by atoms with Crippen LogP contribution in [0.3, 0.4) is 0 Å². The standard InChI is InChI=1S/C21H25F2N3O/c1-13-19(20(25-24-13)15-8-9-15)21(27)26-11-3-4-14(12-26)7-10-16-17(22)5-2-6-18(16)23/h2,5-6,14-15H,3-4,7-12H2,1H3,(H,24,25)/t14-/m1/s1. The lowest BCUT2D eigenvalue weighted by Crippen LogP contribution is -2.40. The highest BCUT2D eigenvalue weighted by Gasteiger charge is 2.34. The van der Waals surface area contributed by atoms with Crippen molar-refractivity contribution in [1.82, 2.24) is 15.1 Å². The lowest BCUT2D eigenvalue weighted by molar-refractivity contribution is 0.0666. The van der Waals surface area contributed by atoms with Crippen molar-refractivity contribution in [3.8, 4) is 0 Å². The van der Waals surface area contributed by atoms with E-state index < -0.39 is 11.6 Å². The second-order valence-electron chi connectivity index (χ2n) is 7.88. The van der Waals surface area contributed by atoms with Crippen molar-refractivity contribution < 1.29 is 13.6 Å². The summed E-state index contributed by atoms with van der Waals surface area (Å²) < 4.78 is 27.7. The molecule has 27 heavy (non-hydrogen) atoms. The third kappa shape index (κ3) is 3.75. The van der Waals surface area contributed by atoms with Crippen LogP contribution in [0.1, 0.15) is 65.3 Å². The third-order valence-corrected chi connectivity index (χ3v) is 5.82. The molecule has 1 atom stereocenters. The van der Waals surface area contributed by atoms with E-state index in [0.29, 0.717) is 25.3 Å². The summed E-state index contributed by atoms with van der Waals surface area (Å²) in [5.74, 6) is -0.245. The molecule has 4 nitrogen and oxygen atoms in total. The number of aromatic nitrogens is 2. The summed E-state index contributed by atoms with van der Waals surface area (Å²) >= 11 is 0. The number of hydrogen-bond donors (Lipinski definition) is 1. The van der Waals surface area contributed by atoms with Gasteiger partial charge >= 0.3 is 0 Å². The van der Waals surface area contributed by atoms with Crippen LogP contribution in [-0.4, -0.2) is 34.1 Å². The van der Waals surface area contributed by atoms with Crippen molar-refractivity contribution in [3.05, 3.63) is 52.3 Å². The normalized spacial score (nSPS) is 20.1. The second kappa shape index (κ2) is 7.41. The summed E-state index contributed by atoms with van der Waals surface area (Å²) in [5.41, 5.74) is 2.63. The van der Waals surface area contributed by atoms with Gasteiger partial charge in [0.1, 0.15) is 11.6 Å². The van der Waals surface area contributed by atoms with Gasteiger partial charge in [-0.15, -0.1) is 0 Å². The summed E-state index contributed by atoms with van der Waals surface area (Å²) in [4.78, 5) is 15.0. The molecule has 144 valence electrons. The third-order valence-electron chi connectivity index (χ3n) is 5.82. The van der Waals surface area contributed by atoms with Crippen molar-refractivity contribution in [1.29, 1.82) is 0 Å². The maximum atomic E-state index is 13.9. The first-order valence-corrected chi connectivity index (χ1v) is 9.81. The number of carbonyl (C=O) groups excluding carboxylic acids is 1. The predicted octanol–water partition coefficient (Wildman–Crippen LogP) is 4.36. The van der Waals surface area contributed by atoms with Crippen LogP contribution in [0, 0.1) is 24.5 Å². The van der Waals surface area contributed by atoms with Gasteiger partial charge < -0.3 is 4.90 Å². The molecule has 0 spiro atoms. The SMILES string of the molecule is Cc1[nH]nc(C2CC2)c1C(=O)N1CCC[C@H](CCc2c(F)cccc2F)C1. The lowest BCUT2D eigenvalue weighted by Gasteiger charge is -2.33. The number of H-pyrrole nitrogens is 1. The summed E-state index contributed by atoms with van der Waals surface area (Å²) in [5, 5.41) is 7.32. The van der Waals surface area contributed by atoms with E-state index in [4.69, 9.17) is 0 Å². The quantitative estimate of drug-likeness (QED) is 0.847. The minimum Gasteiger partial charge on any atom is -0.338 e. The summed E-state index contributed by atoms with van der Waals surface area (Å²) in [6.45, 7) is 3.27. The molecular formula is C21H25F2N3O. The van der Waals surface area contributed by atoms with E-state index in [0.717, 1.165) is 49.2 Å². The van der Waals surface area contributed by atoms with Crippen LogP contribution >= 0.6 is 0 Å². The number of likely N-dealkylation sites (tertiary alicyclic amines) is 1. The van der Waals surface area contributed by atoms with E-state index in [1.807, 2.05) is 11.8 Å². The number of aromatic amines is 1. The Bertz CT molecular complexity index is 824. The summed E-state index contributed by atoms with van der Waals surface area (Å²) in [6, 6.07) is 3.99. The molecule has 4 rings (SSSR count). The summed E-state index contributed by atoms with van der Waals surface area (Å²) in [6.07, 6.45) is 5.15. The molecule has 1 aliphatic heterocycles. The zero-order valence-corrected chi connectivity index (χ0v) is 15.6. The van der Waals surface area contributed by atoms with Crippen LogP contribution in [0.2, 0.25) is 0 Å². The molecule has 0 bridgehead atoms. The Hall–Kier alpha value is -2.24. The number of halogens is 2. The van der Waals surface area contributed by atoms with Crippen LogP contribution in [0.4, 0.5) is 8.78 Å². The average molecular weight is 373 g/mol. The molecule has 1 aliphatic carbocycles. The molecule has 1 aromatic heterocycles. The van der Waals surface area contributed by atoms with Crippen molar-refractivity contribution in [2.75, 3.05) is 13.1 Å². The summed E-state index contributed by atoms with van der Waals surface area (Å²) in [7, 11) is 0. The first-order valence-electron chi connectivity index (χ1n) is 9.81. The zero-order chi connectivity index (χ0) is 19.0. The van der Waals surface area contributed by atoms with Crippen LogP contribution in [0.15, 0.2) is 18.2 Å². The first kappa shape index (κ1) is 18.1. The molecule has 1 saturated heterocycles. The van der Waals surface area contributed by atoms with Crippen LogP contribution in [0.5, 0.6) is 0 Å². The molecule has 2 aliphatic rings. The number of hydrogen-bond acceptors (Lipinski definition) is 2. The number of carbonyl (C=O) groups is 1. The molecule has 1 amide bonds. The van der Waals surface area contributed by atoms with Gasteiger partial charge in [-0.25, -0.2) is 8.78 Å². The van der Waals surface area contributed by atoms with E-state index in [1.165, 1.54) is 18.2 Å². The highest BCUT2D eigenvalue weighted by Crippen LogP contribution is 2.41. The van der Waals surface area contributed by atoms with Gasteiger partial charge in [-0.2, -0.15) is 5.10 Å². The Labute approximate surface area is 158 Å². The highest BCUT2D eigenvalue weighted by molar-refractivity contribution is 5.96. The van der Waals surface area contributed by atoms with E-state index in [9.17, 15) is 13.6 Å². The monoisotopic (exact) mass is 373 g/mol. The topological polar surface area (TPSA) is 49.0 Å². The molecule has 0 unspecified atom stereocenters. The average Bonchev–Trinajstić information content (AvgIpc) is 3.43. The maximum absolute atomic E-state index is 13.9. The fourth-order valence-corrected chi connectivity index (χ4v) is 4.13. The molecule has 1 N–H and O–H groups in total. The van der Waals surface area contributed by atoms with Crippen molar-refractivity contribution in [3.63, 3.8) is 0 Å².